The summed E-state index contributed by atoms with van der Waals surface area (Å²) in [5, 5.41) is 10.6. The third-order valence-corrected chi connectivity index (χ3v) is 4.51. The van der Waals surface area contributed by atoms with Crippen LogP contribution in [0, 0.1) is 5.82 Å². The van der Waals surface area contributed by atoms with E-state index in [-0.39, 0.29) is 5.82 Å². The molecule has 0 aliphatic heterocycles. The Labute approximate surface area is 131 Å². The molecule has 1 aromatic heterocycles. The van der Waals surface area contributed by atoms with Crippen molar-refractivity contribution < 1.29 is 4.39 Å². The van der Waals surface area contributed by atoms with E-state index in [2.05, 4.69) is 27.5 Å². The molecule has 0 unspecified atom stereocenters. The predicted molar refractivity (Wildman–Crippen MR) is 91.1 cm³/mol. The van der Waals surface area contributed by atoms with Crippen molar-refractivity contribution in [1.29, 1.82) is 0 Å². The van der Waals surface area contributed by atoms with Crippen LogP contribution in [0.2, 0.25) is 0 Å². The number of benzene rings is 1. The van der Waals surface area contributed by atoms with Gasteiger partial charge in [-0.15, -0.1) is 0 Å². The molecule has 2 rings (SSSR count). The summed E-state index contributed by atoms with van der Waals surface area (Å²) >= 11 is 8.69. The molecule has 2 nitrogen and oxygen atoms in total. The third-order valence-electron chi connectivity index (χ3n) is 2.50. The van der Waals surface area contributed by atoms with E-state index in [9.17, 15) is 4.39 Å². The number of rotatable bonds is 6. The maximum absolute atomic E-state index is 13.4. The summed E-state index contributed by atoms with van der Waals surface area (Å²) in [6, 6.07) is 8.62. The summed E-state index contributed by atoms with van der Waals surface area (Å²) in [5.74, 6) is 1.66. The van der Waals surface area contributed by atoms with E-state index in [1.54, 1.807) is 29.5 Å². The Kier molecular flexibility index (Phi) is 6.29. The molecule has 106 valence electrons. The topological polar surface area (TPSA) is 24.1 Å². The first kappa shape index (κ1) is 15.3. The van der Waals surface area contributed by atoms with Crippen LogP contribution >= 0.6 is 35.3 Å². The van der Waals surface area contributed by atoms with Gasteiger partial charge in [-0.05, 0) is 46.7 Å². The molecule has 20 heavy (non-hydrogen) atoms. The number of hydrogen-bond acceptors (Lipinski definition) is 3. The second-order valence-electron chi connectivity index (χ2n) is 4.04. The number of anilines is 1. The van der Waals surface area contributed by atoms with Crippen LogP contribution in [-0.2, 0) is 5.75 Å². The van der Waals surface area contributed by atoms with Gasteiger partial charge in [-0.3, -0.25) is 0 Å². The van der Waals surface area contributed by atoms with Gasteiger partial charge in [0.2, 0.25) is 0 Å². The molecule has 2 aromatic rings. The zero-order valence-electron chi connectivity index (χ0n) is 10.8. The van der Waals surface area contributed by atoms with Crippen LogP contribution in [0.4, 0.5) is 10.1 Å². The van der Waals surface area contributed by atoms with Crippen molar-refractivity contribution in [3.63, 3.8) is 0 Å². The summed E-state index contributed by atoms with van der Waals surface area (Å²) in [6.07, 6.45) is 0. The lowest BCUT2D eigenvalue weighted by Crippen LogP contribution is -2.30. The van der Waals surface area contributed by atoms with Crippen molar-refractivity contribution in [3.8, 4) is 0 Å². The molecule has 0 spiro atoms. The normalized spacial score (nSPS) is 10.2. The lowest BCUT2D eigenvalue weighted by molar-refractivity contribution is 0.632. The second-order valence-corrected chi connectivity index (χ2v) is 6.34. The van der Waals surface area contributed by atoms with Gasteiger partial charge in [0.05, 0.1) is 5.69 Å². The Morgan fingerprint density at radius 3 is 2.90 bits per heavy atom. The molecule has 0 fully saturated rings. The Hall–Kier alpha value is -1.11. The first-order chi connectivity index (χ1) is 9.75. The fourth-order valence-electron chi connectivity index (χ4n) is 1.53. The van der Waals surface area contributed by atoms with Crippen molar-refractivity contribution in [2.75, 3.05) is 17.6 Å². The highest BCUT2D eigenvalue weighted by Gasteiger charge is 2.02. The van der Waals surface area contributed by atoms with Gasteiger partial charge >= 0.3 is 0 Å². The van der Waals surface area contributed by atoms with E-state index < -0.39 is 0 Å². The number of hydrogen-bond donors (Lipinski definition) is 2. The summed E-state index contributed by atoms with van der Waals surface area (Å²) in [5.41, 5.74) is 1.75. The van der Waals surface area contributed by atoms with E-state index >= 15 is 0 Å². The van der Waals surface area contributed by atoms with Gasteiger partial charge in [0.1, 0.15) is 5.82 Å². The molecule has 0 bridgehead atoms. The first-order valence-corrected chi connectivity index (χ1v) is 8.64. The first-order valence-electron chi connectivity index (χ1n) is 6.14. The molecule has 0 amide bonds. The van der Waals surface area contributed by atoms with E-state index in [0.717, 1.165) is 18.1 Å². The highest BCUT2D eigenvalue weighted by atomic mass is 32.2. The highest BCUT2D eigenvalue weighted by Crippen LogP contribution is 2.14. The molecule has 6 heteroatoms. The monoisotopic (exact) mass is 326 g/mol. The standard InChI is InChI=1S/C14H15FN2S3/c15-12-3-1-2-4-13(12)17-14(18)16-6-8-20-10-11-5-7-19-9-11/h1-5,7,9H,6,8,10H2,(H2,16,17,18). The summed E-state index contributed by atoms with van der Waals surface area (Å²) in [6.45, 7) is 0.759. The van der Waals surface area contributed by atoms with Crippen molar-refractivity contribution in [2.24, 2.45) is 0 Å². The van der Waals surface area contributed by atoms with Crippen LogP contribution in [0.15, 0.2) is 41.1 Å². The highest BCUT2D eigenvalue weighted by molar-refractivity contribution is 7.98. The number of thiophene rings is 1. The largest absolute Gasteiger partial charge is 0.362 e. The van der Waals surface area contributed by atoms with E-state index in [1.165, 1.54) is 11.6 Å². The lowest BCUT2D eigenvalue weighted by Gasteiger charge is -2.10. The van der Waals surface area contributed by atoms with Crippen LogP contribution in [0.5, 0.6) is 0 Å². The number of para-hydroxylation sites is 1. The molecule has 1 aromatic carbocycles. The third kappa shape index (κ3) is 5.11. The van der Waals surface area contributed by atoms with Crippen LogP contribution in [0.25, 0.3) is 0 Å². The molecular weight excluding hydrogens is 311 g/mol. The van der Waals surface area contributed by atoms with Gasteiger partial charge < -0.3 is 10.6 Å². The number of nitrogens with one attached hydrogen (secondary N) is 2. The smallest absolute Gasteiger partial charge is 0.170 e. The molecule has 0 saturated heterocycles. The van der Waals surface area contributed by atoms with Crippen molar-refractivity contribution in [2.45, 2.75) is 5.75 Å². The second kappa shape index (κ2) is 8.24. The van der Waals surface area contributed by atoms with Crippen molar-refractivity contribution >= 4 is 46.1 Å². The van der Waals surface area contributed by atoms with E-state index in [1.807, 2.05) is 11.8 Å². The van der Waals surface area contributed by atoms with Gasteiger partial charge in [0, 0.05) is 18.1 Å². The number of thiocarbonyl (C=S) groups is 1. The summed E-state index contributed by atoms with van der Waals surface area (Å²) < 4.78 is 13.4. The van der Waals surface area contributed by atoms with Crippen LogP contribution in [0.3, 0.4) is 0 Å². The van der Waals surface area contributed by atoms with E-state index in [0.29, 0.717) is 10.8 Å². The summed E-state index contributed by atoms with van der Waals surface area (Å²) in [7, 11) is 0. The van der Waals surface area contributed by atoms with Gasteiger partial charge in [-0.25, -0.2) is 4.39 Å². The molecule has 0 aliphatic carbocycles. The van der Waals surface area contributed by atoms with Crippen molar-refractivity contribution in [3.05, 3.63) is 52.5 Å². The summed E-state index contributed by atoms with van der Waals surface area (Å²) in [4.78, 5) is 0. The van der Waals surface area contributed by atoms with Gasteiger partial charge in [0.15, 0.2) is 5.11 Å². The quantitative estimate of drug-likeness (QED) is 0.616. The van der Waals surface area contributed by atoms with Crippen molar-refractivity contribution in [1.82, 2.24) is 5.32 Å². The number of thioether (sulfide) groups is 1. The SMILES string of the molecule is Fc1ccccc1NC(=S)NCCSCc1ccsc1. The molecule has 0 saturated carbocycles. The average Bonchev–Trinajstić information content (AvgIpc) is 2.94. The molecule has 0 aliphatic rings. The molecule has 0 radical (unpaired) electrons. The van der Waals surface area contributed by atoms with Crippen LogP contribution < -0.4 is 10.6 Å². The minimum Gasteiger partial charge on any atom is -0.362 e. The average molecular weight is 326 g/mol. The Balaban J connectivity index is 1.62. The maximum atomic E-state index is 13.4. The van der Waals surface area contributed by atoms with Gasteiger partial charge in [-0.2, -0.15) is 23.1 Å². The van der Waals surface area contributed by atoms with Gasteiger partial charge in [-0.1, -0.05) is 12.1 Å². The van der Waals surface area contributed by atoms with Crippen LogP contribution in [-0.4, -0.2) is 17.4 Å². The lowest BCUT2D eigenvalue weighted by atomic mass is 10.3. The fourth-order valence-corrected chi connectivity index (χ4v) is 3.32. The molecular formula is C14H15FN2S3. The van der Waals surface area contributed by atoms with Gasteiger partial charge in [0.25, 0.3) is 0 Å². The maximum Gasteiger partial charge on any atom is 0.170 e. The Bertz CT molecular complexity index is 543. The minimum atomic E-state index is -0.302. The Morgan fingerprint density at radius 1 is 1.30 bits per heavy atom. The molecule has 1 heterocycles. The minimum absolute atomic E-state index is 0.302. The van der Waals surface area contributed by atoms with E-state index in [4.69, 9.17) is 12.2 Å². The Morgan fingerprint density at radius 2 is 2.15 bits per heavy atom. The fraction of sp³-hybridized carbons (Fsp3) is 0.214. The zero-order valence-corrected chi connectivity index (χ0v) is 13.2. The van der Waals surface area contributed by atoms with Crippen LogP contribution in [0.1, 0.15) is 5.56 Å². The molecule has 2 N–H and O–H groups in total. The zero-order chi connectivity index (χ0) is 14.2. The number of halogens is 1. The molecule has 0 atom stereocenters. The predicted octanol–water partition coefficient (Wildman–Crippen LogP) is 4.11.